The van der Waals surface area contributed by atoms with E-state index >= 15 is 0 Å². The molecular weight excluding hydrogens is 262 g/mol. The Labute approximate surface area is 127 Å². The molecule has 2 aliphatic heterocycles. The van der Waals surface area contributed by atoms with Crippen LogP contribution in [0.3, 0.4) is 0 Å². The second-order valence-electron chi connectivity index (χ2n) is 6.55. The number of nitrogens with zero attached hydrogens (tertiary/aromatic N) is 3. The highest BCUT2D eigenvalue weighted by molar-refractivity contribution is 5.46. The van der Waals surface area contributed by atoms with E-state index in [-0.39, 0.29) is 0 Å². The third-order valence-corrected chi connectivity index (χ3v) is 5.07. The summed E-state index contributed by atoms with van der Waals surface area (Å²) < 4.78 is 0. The molecule has 1 aromatic rings. The number of hydrogen-bond donors (Lipinski definition) is 1. The molecule has 3 heterocycles. The van der Waals surface area contributed by atoms with E-state index in [2.05, 4.69) is 27.8 Å². The third-order valence-electron chi connectivity index (χ3n) is 5.07. The van der Waals surface area contributed by atoms with Crippen LogP contribution in [0.5, 0.6) is 0 Å². The fourth-order valence-electron chi connectivity index (χ4n) is 3.83. The van der Waals surface area contributed by atoms with Crippen molar-refractivity contribution in [2.45, 2.75) is 38.6 Å². The number of aromatic nitrogens is 1. The SMILES string of the molecule is Cc1cccnc1N1CCC(N2CCC[C@H](CO)C2)CC1. The summed E-state index contributed by atoms with van der Waals surface area (Å²) in [6.07, 6.45) is 6.76. The summed E-state index contributed by atoms with van der Waals surface area (Å²) in [5.41, 5.74) is 1.27. The molecule has 2 aliphatic rings. The zero-order valence-electron chi connectivity index (χ0n) is 13.0. The quantitative estimate of drug-likeness (QED) is 0.924. The first-order chi connectivity index (χ1) is 10.3. The van der Waals surface area contributed by atoms with Gasteiger partial charge in [-0.15, -0.1) is 0 Å². The number of hydrogen-bond acceptors (Lipinski definition) is 4. The molecule has 0 spiro atoms. The molecule has 116 valence electrons. The van der Waals surface area contributed by atoms with Crippen LogP contribution in [-0.4, -0.2) is 53.8 Å². The first kappa shape index (κ1) is 14.8. The van der Waals surface area contributed by atoms with Gasteiger partial charge in [0.05, 0.1) is 0 Å². The van der Waals surface area contributed by atoms with Gasteiger partial charge in [0, 0.05) is 38.5 Å². The Morgan fingerprint density at radius 2 is 2.05 bits per heavy atom. The number of piperidine rings is 2. The van der Waals surface area contributed by atoms with E-state index in [1.54, 1.807) is 0 Å². The first-order valence-electron chi connectivity index (χ1n) is 8.29. The summed E-state index contributed by atoms with van der Waals surface area (Å²) in [7, 11) is 0. The van der Waals surface area contributed by atoms with Crippen LogP contribution in [0.25, 0.3) is 0 Å². The highest BCUT2D eigenvalue weighted by Gasteiger charge is 2.29. The Balaban J connectivity index is 1.57. The van der Waals surface area contributed by atoms with Crippen molar-refractivity contribution in [1.29, 1.82) is 0 Å². The lowest BCUT2D eigenvalue weighted by atomic mass is 9.94. The minimum absolute atomic E-state index is 0.350. The summed E-state index contributed by atoms with van der Waals surface area (Å²) in [6, 6.07) is 4.85. The molecule has 1 aromatic heterocycles. The smallest absolute Gasteiger partial charge is 0.131 e. The van der Waals surface area contributed by atoms with Crippen LogP contribution in [-0.2, 0) is 0 Å². The van der Waals surface area contributed by atoms with Crippen molar-refractivity contribution in [2.75, 3.05) is 37.7 Å². The van der Waals surface area contributed by atoms with Gasteiger partial charge < -0.3 is 10.0 Å². The van der Waals surface area contributed by atoms with E-state index in [1.807, 2.05) is 12.3 Å². The number of aliphatic hydroxyl groups excluding tert-OH is 1. The minimum Gasteiger partial charge on any atom is -0.396 e. The molecule has 0 aliphatic carbocycles. The number of likely N-dealkylation sites (tertiary alicyclic amines) is 1. The van der Waals surface area contributed by atoms with Gasteiger partial charge in [-0.05, 0) is 56.7 Å². The highest BCUT2D eigenvalue weighted by Crippen LogP contribution is 2.26. The lowest BCUT2D eigenvalue weighted by Gasteiger charge is -2.42. The fraction of sp³-hybridized carbons (Fsp3) is 0.706. The summed E-state index contributed by atoms with van der Waals surface area (Å²) in [4.78, 5) is 9.59. The topological polar surface area (TPSA) is 39.6 Å². The Hall–Kier alpha value is -1.13. The van der Waals surface area contributed by atoms with Gasteiger partial charge in [-0.2, -0.15) is 0 Å². The summed E-state index contributed by atoms with van der Waals surface area (Å²) in [5.74, 6) is 1.65. The van der Waals surface area contributed by atoms with Crippen molar-refractivity contribution < 1.29 is 5.11 Å². The number of pyridine rings is 1. The Kier molecular flexibility index (Phi) is 4.76. The van der Waals surface area contributed by atoms with Gasteiger partial charge in [0.25, 0.3) is 0 Å². The van der Waals surface area contributed by atoms with Crippen molar-refractivity contribution in [2.24, 2.45) is 5.92 Å². The average Bonchev–Trinajstić information content (AvgIpc) is 2.56. The van der Waals surface area contributed by atoms with E-state index < -0.39 is 0 Å². The molecule has 0 amide bonds. The molecule has 0 unspecified atom stereocenters. The van der Waals surface area contributed by atoms with E-state index in [4.69, 9.17) is 0 Å². The first-order valence-corrected chi connectivity index (χ1v) is 8.29. The summed E-state index contributed by atoms with van der Waals surface area (Å²) in [5, 5.41) is 9.39. The van der Waals surface area contributed by atoms with Crippen molar-refractivity contribution >= 4 is 5.82 Å². The van der Waals surface area contributed by atoms with E-state index in [1.165, 1.54) is 37.8 Å². The lowest BCUT2D eigenvalue weighted by molar-refractivity contribution is 0.0777. The number of aliphatic hydroxyl groups is 1. The molecule has 1 N–H and O–H groups in total. The molecule has 0 saturated carbocycles. The molecule has 21 heavy (non-hydrogen) atoms. The molecule has 3 rings (SSSR count). The van der Waals surface area contributed by atoms with Crippen LogP contribution in [0.4, 0.5) is 5.82 Å². The maximum absolute atomic E-state index is 9.39. The van der Waals surface area contributed by atoms with Crippen molar-refractivity contribution in [3.63, 3.8) is 0 Å². The Morgan fingerprint density at radius 3 is 2.76 bits per heavy atom. The summed E-state index contributed by atoms with van der Waals surface area (Å²) in [6.45, 7) is 6.99. The van der Waals surface area contributed by atoms with Crippen LogP contribution < -0.4 is 4.90 Å². The van der Waals surface area contributed by atoms with Crippen molar-refractivity contribution in [3.8, 4) is 0 Å². The monoisotopic (exact) mass is 289 g/mol. The van der Waals surface area contributed by atoms with Crippen LogP contribution in [0.1, 0.15) is 31.2 Å². The van der Waals surface area contributed by atoms with Crippen molar-refractivity contribution in [3.05, 3.63) is 23.9 Å². The number of rotatable bonds is 3. The van der Waals surface area contributed by atoms with Crippen LogP contribution in [0.15, 0.2) is 18.3 Å². The molecule has 0 bridgehead atoms. The number of aryl methyl sites for hydroxylation is 1. The fourth-order valence-corrected chi connectivity index (χ4v) is 3.83. The number of anilines is 1. The summed E-state index contributed by atoms with van der Waals surface area (Å²) >= 11 is 0. The van der Waals surface area contributed by atoms with Gasteiger partial charge in [-0.1, -0.05) is 6.07 Å². The average molecular weight is 289 g/mol. The molecule has 4 heteroatoms. The van der Waals surface area contributed by atoms with Gasteiger partial charge in [0.1, 0.15) is 5.82 Å². The van der Waals surface area contributed by atoms with Gasteiger partial charge in [-0.25, -0.2) is 4.98 Å². The second-order valence-corrected chi connectivity index (χ2v) is 6.55. The lowest BCUT2D eigenvalue weighted by Crippen LogP contribution is -2.49. The van der Waals surface area contributed by atoms with E-state index in [0.29, 0.717) is 18.6 Å². The molecule has 2 saturated heterocycles. The predicted octanol–water partition coefficient (Wildman–Crippen LogP) is 2.06. The van der Waals surface area contributed by atoms with Crippen LogP contribution in [0.2, 0.25) is 0 Å². The van der Waals surface area contributed by atoms with Gasteiger partial charge in [0.2, 0.25) is 0 Å². The maximum atomic E-state index is 9.39. The maximum Gasteiger partial charge on any atom is 0.131 e. The molecule has 2 fully saturated rings. The standard InChI is InChI=1S/C17H27N3O/c1-14-4-2-8-18-17(14)19-10-6-16(7-11-19)20-9-3-5-15(12-20)13-21/h2,4,8,15-16,21H,3,5-7,9-13H2,1H3/t15-/m0/s1. The Bertz CT molecular complexity index is 457. The normalized spacial score (nSPS) is 25.2. The van der Waals surface area contributed by atoms with Gasteiger partial charge in [-0.3, -0.25) is 4.90 Å². The highest BCUT2D eigenvalue weighted by atomic mass is 16.3. The predicted molar refractivity (Wildman–Crippen MR) is 85.6 cm³/mol. The third kappa shape index (κ3) is 3.38. The van der Waals surface area contributed by atoms with Crippen molar-refractivity contribution in [1.82, 2.24) is 9.88 Å². The minimum atomic E-state index is 0.350. The molecule has 0 aromatic carbocycles. The molecule has 0 radical (unpaired) electrons. The van der Waals surface area contributed by atoms with E-state index in [0.717, 1.165) is 25.5 Å². The van der Waals surface area contributed by atoms with Crippen LogP contribution in [0, 0.1) is 12.8 Å². The Morgan fingerprint density at radius 1 is 1.24 bits per heavy atom. The zero-order valence-corrected chi connectivity index (χ0v) is 13.0. The van der Waals surface area contributed by atoms with Gasteiger partial charge >= 0.3 is 0 Å². The van der Waals surface area contributed by atoms with Gasteiger partial charge in [0.15, 0.2) is 0 Å². The van der Waals surface area contributed by atoms with Crippen LogP contribution >= 0.6 is 0 Å². The molecule has 4 nitrogen and oxygen atoms in total. The largest absolute Gasteiger partial charge is 0.396 e. The van der Waals surface area contributed by atoms with E-state index in [9.17, 15) is 5.11 Å². The molecular formula is C17H27N3O. The molecule has 1 atom stereocenters. The zero-order chi connectivity index (χ0) is 14.7. The second kappa shape index (κ2) is 6.75.